The molecule has 136 valence electrons. The van der Waals surface area contributed by atoms with Gasteiger partial charge in [-0.05, 0) is 31.6 Å². The number of aliphatic hydroxyl groups is 2. The largest absolute Gasteiger partial charge is 0.462 e. The van der Waals surface area contributed by atoms with Crippen LogP contribution >= 0.6 is 0 Å². The summed E-state index contributed by atoms with van der Waals surface area (Å²) in [6.07, 6.45) is 14.2. The fraction of sp³-hybridized carbons (Fsp3) is 0.750. The van der Waals surface area contributed by atoms with Crippen LogP contribution in [0, 0.1) is 11.8 Å². The predicted molar refractivity (Wildman–Crippen MR) is 94.4 cm³/mol. The summed E-state index contributed by atoms with van der Waals surface area (Å²) in [4.78, 5) is 12.0. The molecule has 2 N–H and O–H groups in total. The third-order valence-corrected chi connectivity index (χ3v) is 5.16. The molecule has 24 heavy (non-hydrogen) atoms. The number of carbonyl (C=O) groups excluding carboxylic acids is 1. The lowest BCUT2D eigenvalue weighted by Gasteiger charge is -2.22. The first-order valence-corrected chi connectivity index (χ1v) is 9.50. The minimum atomic E-state index is -0.461. The fourth-order valence-corrected chi connectivity index (χ4v) is 3.73. The van der Waals surface area contributed by atoms with Crippen molar-refractivity contribution in [2.45, 2.75) is 83.0 Å². The highest BCUT2D eigenvalue weighted by Crippen LogP contribution is 2.38. The number of carbonyl (C=O) groups is 1. The Labute approximate surface area is 145 Å². The van der Waals surface area contributed by atoms with Gasteiger partial charge in [0.2, 0.25) is 0 Å². The first-order valence-electron chi connectivity index (χ1n) is 9.50. The Bertz CT molecular complexity index is 443. The minimum Gasteiger partial charge on any atom is -0.462 e. The molecule has 1 fully saturated rings. The summed E-state index contributed by atoms with van der Waals surface area (Å²) in [6.45, 7) is 2.14. The van der Waals surface area contributed by atoms with Crippen LogP contribution in [0.1, 0.15) is 64.7 Å². The van der Waals surface area contributed by atoms with E-state index in [2.05, 4.69) is 19.1 Å². The van der Waals surface area contributed by atoms with E-state index in [0.717, 1.165) is 44.9 Å². The van der Waals surface area contributed by atoms with E-state index in [4.69, 9.17) is 4.74 Å². The van der Waals surface area contributed by atoms with Gasteiger partial charge in [-0.1, -0.05) is 50.5 Å². The molecule has 1 aliphatic heterocycles. The van der Waals surface area contributed by atoms with Crippen molar-refractivity contribution in [3.05, 3.63) is 24.3 Å². The van der Waals surface area contributed by atoms with Crippen molar-refractivity contribution in [3.8, 4) is 0 Å². The number of allylic oxidation sites excluding steroid dienone is 2. The number of fused-ring (bicyclic) bond motifs is 2. The molecule has 2 bridgehead atoms. The first kappa shape index (κ1) is 19.2. The third-order valence-electron chi connectivity index (χ3n) is 5.16. The number of unbranched alkanes of at least 4 members (excludes halogenated alkanes) is 2. The Hall–Kier alpha value is -1.13. The van der Waals surface area contributed by atoms with Gasteiger partial charge in [-0.25, -0.2) is 0 Å². The van der Waals surface area contributed by atoms with Gasteiger partial charge in [0, 0.05) is 18.8 Å². The van der Waals surface area contributed by atoms with Gasteiger partial charge >= 0.3 is 5.97 Å². The maximum Gasteiger partial charge on any atom is 0.306 e. The zero-order valence-corrected chi connectivity index (χ0v) is 14.8. The standard InChI is InChI=1S/C20H32O4/c1-2-3-6-9-15(21)12-13-17-16-10-7-4-5-8-11-20(23)24-19(17)14-18(16)22/h4,7,12-13,15-19,21-22H,2-3,5-6,8-11,14H2,1H3/b7-4+,13-12+/t15-,16+,17+,18-,19+/m0/s1. The molecule has 4 nitrogen and oxygen atoms in total. The fourth-order valence-electron chi connectivity index (χ4n) is 3.73. The quantitative estimate of drug-likeness (QED) is 0.442. The Morgan fingerprint density at radius 3 is 3.00 bits per heavy atom. The summed E-state index contributed by atoms with van der Waals surface area (Å²) < 4.78 is 5.63. The lowest BCUT2D eigenvalue weighted by molar-refractivity contribution is -0.150. The van der Waals surface area contributed by atoms with Gasteiger partial charge < -0.3 is 14.9 Å². The van der Waals surface area contributed by atoms with E-state index in [1.165, 1.54) is 0 Å². The molecule has 0 radical (unpaired) electrons. The van der Waals surface area contributed by atoms with E-state index < -0.39 is 12.2 Å². The van der Waals surface area contributed by atoms with E-state index in [-0.39, 0.29) is 23.9 Å². The molecule has 2 rings (SSSR count). The summed E-state index contributed by atoms with van der Waals surface area (Å²) >= 11 is 0. The number of rotatable bonds is 6. The summed E-state index contributed by atoms with van der Waals surface area (Å²) in [7, 11) is 0. The first-order chi connectivity index (χ1) is 11.6. The van der Waals surface area contributed by atoms with Crippen LogP contribution in [0.3, 0.4) is 0 Å². The van der Waals surface area contributed by atoms with Gasteiger partial charge in [0.05, 0.1) is 12.2 Å². The summed E-state index contributed by atoms with van der Waals surface area (Å²) in [5.41, 5.74) is 0. The lowest BCUT2D eigenvalue weighted by Crippen LogP contribution is -2.24. The van der Waals surface area contributed by atoms with Crippen LogP contribution in [0.15, 0.2) is 24.3 Å². The summed E-state index contributed by atoms with van der Waals surface area (Å²) in [5.74, 6) is -0.145. The van der Waals surface area contributed by atoms with E-state index in [0.29, 0.717) is 12.8 Å². The van der Waals surface area contributed by atoms with Crippen LogP contribution in [0.2, 0.25) is 0 Å². The Morgan fingerprint density at radius 2 is 2.21 bits per heavy atom. The molecular weight excluding hydrogens is 304 g/mol. The highest BCUT2D eigenvalue weighted by molar-refractivity contribution is 5.69. The van der Waals surface area contributed by atoms with E-state index in [1.807, 2.05) is 12.2 Å². The molecule has 0 amide bonds. The SMILES string of the molecule is CCCCC[C@H](O)/C=C/[C@@H]1[C@H]2C/C=C/CCCC(=O)O[C@@H]1C[C@@H]2O. The van der Waals surface area contributed by atoms with Gasteiger partial charge in [-0.3, -0.25) is 4.79 Å². The highest BCUT2D eigenvalue weighted by atomic mass is 16.5. The average molecular weight is 336 g/mol. The number of esters is 1. The van der Waals surface area contributed by atoms with Gasteiger partial charge in [0.25, 0.3) is 0 Å². The van der Waals surface area contributed by atoms with Gasteiger partial charge in [0.1, 0.15) is 6.10 Å². The van der Waals surface area contributed by atoms with Gasteiger partial charge in [0.15, 0.2) is 0 Å². The maximum atomic E-state index is 12.0. The molecule has 0 saturated heterocycles. The molecule has 2 aliphatic rings. The zero-order chi connectivity index (χ0) is 17.4. The second-order valence-corrected chi connectivity index (χ2v) is 7.12. The lowest BCUT2D eigenvalue weighted by atomic mass is 9.89. The third kappa shape index (κ3) is 5.75. The van der Waals surface area contributed by atoms with Crippen molar-refractivity contribution in [1.29, 1.82) is 0 Å². The number of hydrogen-bond donors (Lipinski definition) is 2. The van der Waals surface area contributed by atoms with Crippen LogP contribution in [-0.4, -0.2) is 34.5 Å². The van der Waals surface area contributed by atoms with E-state index in [1.54, 1.807) is 0 Å². The molecule has 0 aromatic carbocycles. The van der Waals surface area contributed by atoms with Crippen LogP contribution in [0.5, 0.6) is 0 Å². The van der Waals surface area contributed by atoms with Crippen LogP contribution < -0.4 is 0 Å². The normalized spacial score (nSPS) is 33.9. The highest BCUT2D eigenvalue weighted by Gasteiger charge is 2.42. The molecule has 0 aromatic heterocycles. The zero-order valence-electron chi connectivity index (χ0n) is 14.8. The van der Waals surface area contributed by atoms with Crippen molar-refractivity contribution in [1.82, 2.24) is 0 Å². The molecule has 1 saturated carbocycles. The monoisotopic (exact) mass is 336 g/mol. The molecule has 1 heterocycles. The average Bonchev–Trinajstić information content (AvgIpc) is 2.81. The van der Waals surface area contributed by atoms with Crippen molar-refractivity contribution in [2.24, 2.45) is 11.8 Å². The van der Waals surface area contributed by atoms with Crippen molar-refractivity contribution in [2.75, 3.05) is 0 Å². The van der Waals surface area contributed by atoms with Crippen LogP contribution in [0.25, 0.3) is 0 Å². The van der Waals surface area contributed by atoms with Gasteiger partial charge in [-0.2, -0.15) is 0 Å². The van der Waals surface area contributed by atoms with Crippen LogP contribution in [0.4, 0.5) is 0 Å². The Balaban J connectivity index is 2.04. The second kappa shape index (κ2) is 10.00. The minimum absolute atomic E-state index is 0.0208. The molecule has 5 atom stereocenters. The topological polar surface area (TPSA) is 66.8 Å². The predicted octanol–water partition coefficient (Wildman–Crippen LogP) is 3.52. The summed E-state index contributed by atoms with van der Waals surface area (Å²) in [5, 5.41) is 20.5. The van der Waals surface area contributed by atoms with E-state index >= 15 is 0 Å². The molecule has 0 unspecified atom stereocenters. The molecule has 0 aromatic rings. The van der Waals surface area contributed by atoms with Gasteiger partial charge in [-0.15, -0.1) is 0 Å². The van der Waals surface area contributed by atoms with E-state index in [9.17, 15) is 15.0 Å². The Kier molecular flexibility index (Phi) is 8.00. The Morgan fingerprint density at radius 1 is 1.38 bits per heavy atom. The molecule has 1 aliphatic carbocycles. The number of hydrogen-bond acceptors (Lipinski definition) is 4. The maximum absolute atomic E-state index is 12.0. The van der Waals surface area contributed by atoms with Crippen molar-refractivity contribution in [3.63, 3.8) is 0 Å². The van der Waals surface area contributed by atoms with Crippen molar-refractivity contribution >= 4 is 5.97 Å². The molecular formula is C20H32O4. The smallest absolute Gasteiger partial charge is 0.306 e. The summed E-state index contributed by atoms with van der Waals surface area (Å²) in [6, 6.07) is 0. The number of aliphatic hydroxyl groups excluding tert-OH is 2. The molecule has 4 heteroatoms. The van der Waals surface area contributed by atoms with Crippen LogP contribution in [-0.2, 0) is 9.53 Å². The number of ether oxygens (including phenoxy) is 1. The van der Waals surface area contributed by atoms with Crippen molar-refractivity contribution < 1.29 is 19.7 Å². The molecule has 0 spiro atoms. The second-order valence-electron chi connectivity index (χ2n) is 7.12.